The van der Waals surface area contributed by atoms with Crippen molar-refractivity contribution >= 4 is 35.0 Å². The third-order valence-electron chi connectivity index (χ3n) is 2.40. The summed E-state index contributed by atoms with van der Waals surface area (Å²) in [6, 6.07) is 3.48. The minimum absolute atomic E-state index is 0.130. The fourth-order valence-corrected chi connectivity index (χ4v) is 2.45. The van der Waals surface area contributed by atoms with Crippen molar-refractivity contribution in [3.8, 4) is 0 Å². The first-order chi connectivity index (χ1) is 9.69. The summed E-state index contributed by atoms with van der Waals surface area (Å²) in [4.78, 5) is 23.1. The van der Waals surface area contributed by atoms with E-state index in [1.54, 1.807) is 12.1 Å². The van der Waals surface area contributed by atoms with Crippen molar-refractivity contribution in [1.29, 1.82) is 0 Å². The molecule has 1 aliphatic rings. The summed E-state index contributed by atoms with van der Waals surface area (Å²) >= 11 is 1.19. The molecule has 0 radical (unpaired) electrons. The molecule has 1 aromatic heterocycles. The Bertz CT molecular complexity index is 539. The van der Waals surface area contributed by atoms with E-state index in [9.17, 15) is 9.59 Å². The highest BCUT2D eigenvalue weighted by Gasteiger charge is 2.31. The normalized spacial score (nSPS) is 20.6. The Morgan fingerprint density at radius 2 is 2.50 bits per heavy atom. The standard InChI is InChI=1S/C12H14N4O3S/c1-2-13-10(17)6-9-11(18)15-12(20-9)16-14-7-8-4-3-5-19-8/h3-5,7,9H,2,6H2,1H3,(H,13,17)(H,15,16,18). The quantitative estimate of drug-likeness (QED) is 0.618. The molecule has 20 heavy (non-hydrogen) atoms. The van der Waals surface area contributed by atoms with Gasteiger partial charge >= 0.3 is 0 Å². The van der Waals surface area contributed by atoms with Crippen LogP contribution in [0, 0.1) is 0 Å². The van der Waals surface area contributed by atoms with Gasteiger partial charge in [-0.3, -0.25) is 9.59 Å². The minimum Gasteiger partial charge on any atom is -0.463 e. The van der Waals surface area contributed by atoms with Crippen LogP contribution in [0.5, 0.6) is 0 Å². The lowest BCUT2D eigenvalue weighted by Crippen LogP contribution is -2.31. The highest BCUT2D eigenvalue weighted by Crippen LogP contribution is 2.22. The molecule has 1 aromatic rings. The van der Waals surface area contributed by atoms with Crippen molar-refractivity contribution in [1.82, 2.24) is 10.6 Å². The van der Waals surface area contributed by atoms with Gasteiger partial charge in [-0.1, -0.05) is 11.8 Å². The van der Waals surface area contributed by atoms with E-state index >= 15 is 0 Å². The lowest BCUT2D eigenvalue weighted by Gasteiger charge is -2.04. The van der Waals surface area contributed by atoms with Crippen molar-refractivity contribution in [2.45, 2.75) is 18.6 Å². The maximum Gasteiger partial charge on any atom is 0.240 e. The number of carbonyl (C=O) groups excluding carboxylic acids is 2. The van der Waals surface area contributed by atoms with E-state index < -0.39 is 5.25 Å². The van der Waals surface area contributed by atoms with Crippen molar-refractivity contribution in [3.63, 3.8) is 0 Å². The Labute approximate surface area is 119 Å². The van der Waals surface area contributed by atoms with Crippen LogP contribution in [0.25, 0.3) is 0 Å². The molecule has 0 saturated carbocycles. The third kappa shape index (κ3) is 3.95. The van der Waals surface area contributed by atoms with Crippen LogP contribution in [-0.4, -0.2) is 35.0 Å². The van der Waals surface area contributed by atoms with Crippen molar-refractivity contribution in [2.75, 3.05) is 6.54 Å². The zero-order chi connectivity index (χ0) is 14.4. The Morgan fingerprint density at radius 3 is 3.20 bits per heavy atom. The van der Waals surface area contributed by atoms with Crippen LogP contribution in [-0.2, 0) is 9.59 Å². The molecule has 2 N–H and O–H groups in total. The molecule has 2 amide bonds. The molecule has 0 aliphatic carbocycles. The van der Waals surface area contributed by atoms with Gasteiger partial charge in [0.25, 0.3) is 0 Å². The first-order valence-electron chi connectivity index (χ1n) is 6.07. The maximum atomic E-state index is 11.7. The molecule has 8 heteroatoms. The SMILES string of the molecule is CCNC(=O)CC1S/C(=N\N=Cc2ccco2)NC1=O. The van der Waals surface area contributed by atoms with Crippen LogP contribution < -0.4 is 10.6 Å². The highest BCUT2D eigenvalue weighted by molar-refractivity contribution is 8.15. The average Bonchev–Trinajstić information content (AvgIpc) is 3.01. The first kappa shape index (κ1) is 14.3. The number of furan rings is 1. The molecule has 7 nitrogen and oxygen atoms in total. The van der Waals surface area contributed by atoms with E-state index in [1.807, 2.05) is 6.92 Å². The topological polar surface area (TPSA) is 96.1 Å². The lowest BCUT2D eigenvalue weighted by molar-refractivity contribution is -0.125. The molecule has 0 bridgehead atoms. The number of amidine groups is 1. The van der Waals surface area contributed by atoms with E-state index in [0.29, 0.717) is 17.5 Å². The number of amides is 2. The fourth-order valence-electron chi connectivity index (χ4n) is 1.53. The maximum absolute atomic E-state index is 11.7. The van der Waals surface area contributed by atoms with Crippen molar-refractivity contribution in [2.24, 2.45) is 10.2 Å². The second-order valence-corrected chi connectivity index (χ2v) is 5.11. The summed E-state index contributed by atoms with van der Waals surface area (Å²) in [5, 5.41) is 12.8. The van der Waals surface area contributed by atoms with Crippen LogP contribution in [0.3, 0.4) is 0 Å². The molecule has 2 rings (SSSR count). The zero-order valence-electron chi connectivity index (χ0n) is 10.8. The predicted octanol–water partition coefficient (Wildman–Crippen LogP) is 0.727. The lowest BCUT2D eigenvalue weighted by atomic mass is 10.3. The summed E-state index contributed by atoms with van der Waals surface area (Å²) in [6.07, 6.45) is 3.10. The average molecular weight is 294 g/mol. The van der Waals surface area contributed by atoms with Gasteiger partial charge in [0.2, 0.25) is 11.8 Å². The van der Waals surface area contributed by atoms with Crippen LogP contribution in [0.15, 0.2) is 33.0 Å². The predicted molar refractivity (Wildman–Crippen MR) is 76.6 cm³/mol. The number of carbonyl (C=O) groups is 2. The zero-order valence-corrected chi connectivity index (χ0v) is 11.6. The summed E-state index contributed by atoms with van der Waals surface area (Å²) in [6.45, 7) is 2.38. The molecule has 1 aliphatic heterocycles. The van der Waals surface area contributed by atoms with Crippen molar-refractivity contribution < 1.29 is 14.0 Å². The van der Waals surface area contributed by atoms with Crippen molar-refractivity contribution in [3.05, 3.63) is 24.2 Å². The first-order valence-corrected chi connectivity index (χ1v) is 6.95. The summed E-state index contributed by atoms with van der Waals surface area (Å²) in [5.74, 6) is 0.191. The number of nitrogens with one attached hydrogen (secondary N) is 2. The minimum atomic E-state index is -0.459. The van der Waals surface area contributed by atoms with Gasteiger partial charge in [0.1, 0.15) is 11.0 Å². The van der Waals surface area contributed by atoms with E-state index in [4.69, 9.17) is 4.42 Å². The van der Waals surface area contributed by atoms with Gasteiger partial charge in [-0.2, -0.15) is 5.10 Å². The second-order valence-electron chi connectivity index (χ2n) is 3.92. The molecule has 106 valence electrons. The van der Waals surface area contributed by atoms with Gasteiger partial charge in [0.05, 0.1) is 12.5 Å². The Balaban J connectivity index is 1.89. The van der Waals surface area contributed by atoms with E-state index in [1.165, 1.54) is 24.2 Å². The summed E-state index contributed by atoms with van der Waals surface area (Å²) in [5.41, 5.74) is 0. The molecule has 0 aromatic carbocycles. The van der Waals surface area contributed by atoms with Crippen LogP contribution in [0.4, 0.5) is 0 Å². The molecule has 1 atom stereocenters. The van der Waals surface area contributed by atoms with E-state index in [-0.39, 0.29) is 18.2 Å². The molecule has 1 unspecified atom stereocenters. The Morgan fingerprint density at radius 1 is 1.65 bits per heavy atom. The van der Waals surface area contributed by atoms with Gasteiger partial charge in [-0.15, -0.1) is 5.10 Å². The van der Waals surface area contributed by atoms with Crippen LogP contribution in [0.2, 0.25) is 0 Å². The van der Waals surface area contributed by atoms with Gasteiger partial charge in [-0.25, -0.2) is 0 Å². The van der Waals surface area contributed by atoms with Gasteiger partial charge in [-0.05, 0) is 19.1 Å². The van der Waals surface area contributed by atoms with Gasteiger partial charge in [0.15, 0.2) is 5.17 Å². The summed E-state index contributed by atoms with van der Waals surface area (Å²) < 4.78 is 5.05. The third-order valence-corrected chi connectivity index (χ3v) is 3.47. The number of thioether (sulfide) groups is 1. The molecule has 2 heterocycles. The monoisotopic (exact) mass is 294 g/mol. The largest absolute Gasteiger partial charge is 0.463 e. The molecule has 1 fully saturated rings. The van der Waals surface area contributed by atoms with E-state index in [0.717, 1.165) is 0 Å². The second kappa shape index (κ2) is 6.90. The fraction of sp³-hybridized carbons (Fsp3) is 0.333. The van der Waals surface area contributed by atoms with Gasteiger partial charge < -0.3 is 15.1 Å². The smallest absolute Gasteiger partial charge is 0.240 e. The molecular weight excluding hydrogens is 280 g/mol. The van der Waals surface area contributed by atoms with Crippen LogP contribution in [0.1, 0.15) is 19.1 Å². The number of rotatable bonds is 5. The number of hydrogen-bond donors (Lipinski definition) is 2. The number of hydrogen-bond acceptors (Lipinski definition) is 6. The highest BCUT2D eigenvalue weighted by atomic mass is 32.2. The Kier molecular flexibility index (Phi) is 4.94. The molecule has 1 saturated heterocycles. The van der Waals surface area contributed by atoms with Crippen LogP contribution >= 0.6 is 11.8 Å². The Hall–Kier alpha value is -2.09. The molecular formula is C12H14N4O3S. The van der Waals surface area contributed by atoms with Gasteiger partial charge in [0, 0.05) is 13.0 Å². The molecule has 0 spiro atoms. The summed E-state index contributed by atoms with van der Waals surface area (Å²) in [7, 11) is 0. The number of nitrogens with zero attached hydrogens (tertiary/aromatic N) is 2. The van der Waals surface area contributed by atoms with E-state index in [2.05, 4.69) is 20.8 Å².